The number of H-pyrrole nitrogens is 1. The van der Waals surface area contributed by atoms with E-state index in [1.165, 1.54) is 6.92 Å². The van der Waals surface area contributed by atoms with Gasteiger partial charge in [0, 0.05) is 38.7 Å². The quantitative estimate of drug-likeness (QED) is 0.273. The van der Waals surface area contributed by atoms with Gasteiger partial charge in [0.1, 0.15) is 6.04 Å². The molecule has 0 spiro atoms. The van der Waals surface area contributed by atoms with Crippen molar-refractivity contribution in [1.29, 1.82) is 0 Å². The second-order valence-corrected chi connectivity index (χ2v) is 10.4. The van der Waals surface area contributed by atoms with Gasteiger partial charge in [-0.15, -0.1) is 0 Å². The molecule has 6 heteroatoms. The minimum Gasteiger partial charge on any atom is -0.361 e. The lowest BCUT2D eigenvalue weighted by atomic mass is 9.99. The van der Waals surface area contributed by atoms with Crippen molar-refractivity contribution >= 4 is 51.0 Å². The summed E-state index contributed by atoms with van der Waals surface area (Å²) >= 11 is 2.29. The second kappa shape index (κ2) is 9.62. The van der Waals surface area contributed by atoms with E-state index in [9.17, 15) is 9.59 Å². The lowest BCUT2D eigenvalue weighted by molar-refractivity contribution is -0.127. The monoisotopic (exact) mass is 565 g/mol. The Balaban J connectivity index is 1.87. The second-order valence-electron chi connectivity index (χ2n) is 9.33. The number of para-hydroxylation sites is 1. The van der Waals surface area contributed by atoms with E-state index in [0.717, 1.165) is 31.2 Å². The van der Waals surface area contributed by atoms with Gasteiger partial charge in [-0.2, -0.15) is 0 Å². The summed E-state index contributed by atoms with van der Waals surface area (Å²) in [6, 6.07) is 22.7. The van der Waals surface area contributed by atoms with Gasteiger partial charge in [0.15, 0.2) is 0 Å². The van der Waals surface area contributed by atoms with Crippen molar-refractivity contribution in [3.8, 4) is 11.1 Å². The number of carbonyl (C=O) groups is 2. The summed E-state index contributed by atoms with van der Waals surface area (Å²) in [6.07, 6.45) is 1.99. The van der Waals surface area contributed by atoms with Gasteiger partial charge in [-0.25, -0.2) is 0 Å². The zero-order valence-corrected chi connectivity index (χ0v) is 21.9. The minimum absolute atomic E-state index is 0.202. The number of halogens is 1. The number of benzene rings is 3. The molecule has 0 radical (unpaired) electrons. The van der Waals surface area contributed by atoms with Crippen molar-refractivity contribution in [1.82, 2.24) is 10.3 Å². The number of aromatic nitrogens is 1. The van der Waals surface area contributed by atoms with E-state index in [1.807, 2.05) is 93.7 Å². The average molecular weight is 565 g/mol. The Hall–Kier alpha value is -3.13. The molecular weight excluding hydrogens is 537 g/mol. The van der Waals surface area contributed by atoms with Crippen LogP contribution in [-0.4, -0.2) is 22.3 Å². The normalized spacial score (nSPS) is 12.4. The Labute approximate surface area is 213 Å². The lowest BCUT2D eigenvalue weighted by Gasteiger charge is -2.34. The van der Waals surface area contributed by atoms with E-state index in [0.29, 0.717) is 5.69 Å². The number of nitrogens with one attached hydrogen (secondary N) is 2. The van der Waals surface area contributed by atoms with Crippen LogP contribution in [0.1, 0.15) is 39.3 Å². The van der Waals surface area contributed by atoms with Crippen LogP contribution in [0.25, 0.3) is 22.0 Å². The van der Waals surface area contributed by atoms with E-state index in [1.54, 1.807) is 4.90 Å². The molecule has 1 atom stereocenters. The Kier molecular flexibility index (Phi) is 6.79. The Morgan fingerprint density at radius 1 is 0.912 bits per heavy atom. The predicted molar refractivity (Wildman–Crippen MR) is 147 cm³/mol. The molecule has 0 fully saturated rings. The molecule has 0 bridgehead atoms. The van der Waals surface area contributed by atoms with E-state index in [-0.39, 0.29) is 11.8 Å². The first-order chi connectivity index (χ1) is 16.2. The number of hydrogen-bond acceptors (Lipinski definition) is 2. The summed E-state index contributed by atoms with van der Waals surface area (Å²) in [4.78, 5) is 31.6. The number of anilines is 1. The van der Waals surface area contributed by atoms with Crippen LogP contribution in [0.2, 0.25) is 0 Å². The van der Waals surface area contributed by atoms with Crippen LogP contribution in [0.4, 0.5) is 5.69 Å². The van der Waals surface area contributed by atoms with Crippen LogP contribution < -0.4 is 10.2 Å². The average Bonchev–Trinajstić information content (AvgIpc) is 3.21. The third-order valence-corrected chi connectivity index (χ3v) is 6.71. The number of aromatic amines is 1. The van der Waals surface area contributed by atoms with Crippen LogP contribution >= 0.6 is 22.6 Å². The fraction of sp³-hybridized carbons (Fsp3) is 0.214. The predicted octanol–water partition coefficient (Wildman–Crippen LogP) is 6.45. The van der Waals surface area contributed by atoms with Crippen LogP contribution in [0, 0.1) is 3.57 Å². The molecule has 34 heavy (non-hydrogen) atoms. The Morgan fingerprint density at radius 2 is 1.59 bits per heavy atom. The molecule has 174 valence electrons. The lowest BCUT2D eigenvalue weighted by Crippen LogP contribution is -2.49. The first-order valence-corrected chi connectivity index (χ1v) is 12.3. The van der Waals surface area contributed by atoms with Crippen LogP contribution in [0.3, 0.4) is 0 Å². The highest BCUT2D eigenvalue weighted by atomic mass is 127. The fourth-order valence-electron chi connectivity index (χ4n) is 4.19. The SMILES string of the molecule is CC(=O)N(c1cccc(-c2c[nH]c3ccccc23)c1I)C(C(=O)NC(C)(C)C)c1ccccc1. The first-order valence-electron chi connectivity index (χ1n) is 11.2. The molecule has 0 aliphatic carbocycles. The number of carbonyl (C=O) groups excluding carboxylic acids is 2. The molecular formula is C28H28IN3O2. The Bertz CT molecular complexity index is 1340. The van der Waals surface area contributed by atoms with Crippen molar-refractivity contribution in [2.24, 2.45) is 0 Å². The standard InChI is InChI=1S/C28H28IN3O2/c1-18(33)32(26(19-11-6-5-7-12-19)27(34)31-28(2,3)4)24-16-10-14-21(25(24)29)22-17-30-23-15-9-8-13-20(22)23/h5-17,26,30H,1-4H3,(H,31,34). The molecule has 0 aliphatic rings. The maximum atomic E-state index is 13.6. The van der Waals surface area contributed by atoms with Gasteiger partial charge in [0.05, 0.1) is 5.69 Å². The summed E-state index contributed by atoms with van der Waals surface area (Å²) in [7, 11) is 0. The first kappa shape index (κ1) is 24.0. The Morgan fingerprint density at radius 3 is 2.26 bits per heavy atom. The van der Waals surface area contributed by atoms with Crippen molar-refractivity contribution in [3.05, 3.63) is 88.1 Å². The summed E-state index contributed by atoms with van der Waals surface area (Å²) < 4.78 is 0.907. The highest BCUT2D eigenvalue weighted by Crippen LogP contribution is 2.39. The van der Waals surface area contributed by atoms with Gasteiger partial charge >= 0.3 is 0 Å². The molecule has 1 heterocycles. The largest absolute Gasteiger partial charge is 0.361 e. The molecule has 2 N–H and O–H groups in total. The molecule has 5 nitrogen and oxygen atoms in total. The smallest absolute Gasteiger partial charge is 0.248 e. The van der Waals surface area contributed by atoms with Crippen LogP contribution in [0.5, 0.6) is 0 Å². The molecule has 3 aromatic carbocycles. The van der Waals surface area contributed by atoms with E-state index >= 15 is 0 Å². The molecule has 1 unspecified atom stereocenters. The van der Waals surface area contributed by atoms with Gasteiger partial charge in [-0.3, -0.25) is 14.5 Å². The van der Waals surface area contributed by atoms with Gasteiger partial charge in [-0.1, -0.05) is 60.7 Å². The van der Waals surface area contributed by atoms with Gasteiger partial charge < -0.3 is 10.3 Å². The summed E-state index contributed by atoms with van der Waals surface area (Å²) in [5, 5.41) is 4.18. The minimum atomic E-state index is -0.801. The number of nitrogens with zero attached hydrogens (tertiary/aromatic N) is 1. The van der Waals surface area contributed by atoms with E-state index < -0.39 is 11.6 Å². The molecule has 0 saturated heterocycles. The highest BCUT2D eigenvalue weighted by molar-refractivity contribution is 14.1. The molecule has 4 aromatic rings. The summed E-state index contributed by atoms with van der Waals surface area (Å²) in [5.41, 5.74) is 4.13. The van der Waals surface area contributed by atoms with Crippen molar-refractivity contribution in [2.45, 2.75) is 39.3 Å². The molecule has 2 amide bonds. The van der Waals surface area contributed by atoms with Crippen LogP contribution in [0.15, 0.2) is 79.0 Å². The third kappa shape index (κ3) is 4.87. The fourth-order valence-corrected chi connectivity index (χ4v) is 5.10. The highest BCUT2D eigenvalue weighted by Gasteiger charge is 2.34. The molecule has 4 rings (SSSR count). The molecule has 0 aliphatic heterocycles. The van der Waals surface area contributed by atoms with Gasteiger partial charge in [0.25, 0.3) is 0 Å². The molecule has 1 aromatic heterocycles. The zero-order chi connectivity index (χ0) is 24.5. The third-order valence-electron chi connectivity index (χ3n) is 5.58. The zero-order valence-electron chi connectivity index (χ0n) is 19.7. The number of hydrogen-bond donors (Lipinski definition) is 2. The molecule has 0 saturated carbocycles. The number of amides is 2. The number of rotatable bonds is 5. The van der Waals surface area contributed by atoms with Crippen molar-refractivity contribution < 1.29 is 9.59 Å². The summed E-state index contributed by atoms with van der Waals surface area (Å²) in [5.74, 6) is -0.422. The van der Waals surface area contributed by atoms with E-state index in [2.05, 4.69) is 39.0 Å². The van der Waals surface area contributed by atoms with Crippen molar-refractivity contribution in [2.75, 3.05) is 4.90 Å². The topological polar surface area (TPSA) is 65.2 Å². The van der Waals surface area contributed by atoms with Crippen LogP contribution in [-0.2, 0) is 9.59 Å². The van der Waals surface area contributed by atoms with Gasteiger partial charge in [-0.05, 0) is 66.6 Å². The maximum absolute atomic E-state index is 13.6. The number of fused-ring (bicyclic) bond motifs is 1. The summed E-state index contributed by atoms with van der Waals surface area (Å²) in [6.45, 7) is 7.32. The van der Waals surface area contributed by atoms with Crippen molar-refractivity contribution in [3.63, 3.8) is 0 Å². The van der Waals surface area contributed by atoms with E-state index in [4.69, 9.17) is 0 Å². The van der Waals surface area contributed by atoms with Gasteiger partial charge in [0.2, 0.25) is 11.8 Å². The maximum Gasteiger partial charge on any atom is 0.248 e.